The number of imide groups is 1. The summed E-state index contributed by atoms with van der Waals surface area (Å²) >= 11 is 0. The molecule has 2 N–H and O–H groups in total. The van der Waals surface area contributed by atoms with Gasteiger partial charge >= 0.3 is 12.0 Å². The van der Waals surface area contributed by atoms with Crippen molar-refractivity contribution in [3.8, 4) is 0 Å². The van der Waals surface area contributed by atoms with E-state index in [1.807, 2.05) is 0 Å². The average Bonchev–Trinajstić information content (AvgIpc) is 2.37. The molecule has 0 unspecified atom stereocenters. The molecule has 0 radical (unpaired) electrons. The van der Waals surface area contributed by atoms with Gasteiger partial charge in [0.1, 0.15) is 0 Å². The highest BCUT2D eigenvalue weighted by atomic mass is 16.5. The summed E-state index contributed by atoms with van der Waals surface area (Å²) in [5.41, 5.74) is -1.19. The van der Waals surface area contributed by atoms with E-state index in [0.717, 1.165) is 12.8 Å². The van der Waals surface area contributed by atoms with Gasteiger partial charge in [-0.05, 0) is 26.7 Å². The molecule has 0 bridgehead atoms. The number of rotatable bonds is 4. The van der Waals surface area contributed by atoms with Gasteiger partial charge in [-0.3, -0.25) is 14.9 Å². The van der Waals surface area contributed by atoms with Crippen LogP contribution in [0.4, 0.5) is 4.79 Å². The second-order valence-electron chi connectivity index (χ2n) is 5.67. The largest absolute Gasteiger partial charge is 0.481 e. The number of hydrogen-bond donors (Lipinski definition) is 2. The third kappa shape index (κ3) is 4.48. The monoisotopic (exact) mass is 286 g/mol. The number of carboxylic acid groups (broad SMARTS) is 1. The highest BCUT2D eigenvalue weighted by Crippen LogP contribution is 2.20. The van der Waals surface area contributed by atoms with E-state index >= 15 is 0 Å². The topological polar surface area (TPSA) is 95.9 Å². The molecule has 0 atom stereocenters. The van der Waals surface area contributed by atoms with Crippen LogP contribution >= 0.6 is 0 Å². The molecule has 3 amide bonds. The van der Waals surface area contributed by atoms with Crippen LogP contribution in [0.3, 0.4) is 0 Å². The van der Waals surface area contributed by atoms with Crippen LogP contribution in [0.2, 0.25) is 0 Å². The maximum Gasteiger partial charge on any atom is 0.324 e. The van der Waals surface area contributed by atoms with E-state index in [1.165, 1.54) is 18.7 Å². The molecule has 0 aliphatic carbocycles. The zero-order valence-electron chi connectivity index (χ0n) is 12.1. The first kappa shape index (κ1) is 16.4. The van der Waals surface area contributed by atoms with Gasteiger partial charge in [-0.15, -0.1) is 0 Å². The molecule has 1 rings (SSSR count). The zero-order valence-corrected chi connectivity index (χ0v) is 12.1. The van der Waals surface area contributed by atoms with Crippen LogP contribution in [-0.4, -0.2) is 54.2 Å². The van der Waals surface area contributed by atoms with Crippen molar-refractivity contribution < 1.29 is 24.2 Å². The Balaban J connectivity index is 2.48. The van der Waals surface area contributed by atoms with Crippen molar-refractivity contribution in [2.45, 2.75) is 39.2 Å². The number of aliphatic carboxylic acids is 1. The fraction of sp³-hybridized carbons (Fsp3) is 0.769. The summed E-state index contributed by atoms with van der Waals surface area (Å²) in [7, 11) is 1.63. The summed E-state index contributed by atoms with van der Waals surface area (Å²) in [4.78, 5) is 36.0. The Morgan fingerprint density at radius 3 is 2.35 bits per heavy atom. The number of nitrogens with one attached hydrogen (secondary N) is 1. The lowest BCUT2D eigenvalue weighted by atomic mass is 9.89. The minimum atomic E-state index is -1.19. The van der Waals surface area contributed by atoms with E-state index in [9.17, 15) is 14.4 Å². The predicted molar refractivity (Wildman–Crippen MR) is 71.2 cm³/mol. The third-order valence-electron chi connectivity index (χ3n) is 3.49. The normalized spacial score (nSPS) is 16.6. The van der Waals surface area contributed by atoms with Gasteiger partial charge in [0.2, 0.25) is 5.91 Å². The minimum Gasteiger partial charge on any atom is -0.481 e. The van der Waals surface area contributed by atoms with E-state index in [4.69, 9.17) is 9.84 Å². The van der Waals surface area contributed by atoms with Crippen LogP contribution in [0.15, 0.2) is 0 Å². The van der Waals surface area contributed by atoms with Crippen molar-refractivity contribution in [1.29, 1.82) is 0 Å². The predicted octanol–water partition coefficient (Wildman–Crippen LogP) is 0.834. The molecule has 0 aromatic carbocycles. The Hall–Kier alpha value is -1.63. The van der Waals surface area contributed by atoms with Crippen molar-refractivity contribution >= 4 is 17.9 Å². The Morgan fingerprint density at radius 1 is 1.30 bits per heavy atom. The summed E-state index contributed by atoms with van der Waals surface area (Å²) in [5, 5.41) is 11.2. The second kappa shape index (κ2) is 6.69. The molecule has 1 saturated heterocycles. The first-order valence-corrected chi connectivity index (χ1v) is 6.62. The van der Waals surface area contributed by atoms with Gasteiger partial charge in [-0.1, -0.05) is 0 Å². The van der Waals surface area contributed by atoms with Crippen molar-refractivity contribution in [1.82, 2.24) is 10.2 Å². The molecular formula is C13H22N2O5. The molecule has 1 fully saturated rings. The Labute approximate surface area is 118 Å². The highest BCUT2D eigenvalue weighted by Gasteiger charge is 2.31. The zero-order chi connectivity index (χ0) is 15.3. The Bertz CT molecular complexity index is 388. The van der Waals surface area contributed by atoms with Crippen molar-refractivity contribution in [2.24, 2.45) is 5.41 Å². The lowest BCUT2D eigenvalue weighted by molar-refractivity contribution is -0.149. The minimum absolute atomic E-state index is 0.0454. The van der Waals surface area contributed by atoms with Crippen molar-refractivity contribution in [3.63, 3.8) is 0 Å². The number of urea groups is 1. The summed E-state index contributed by atoms with van der Waals surface area (Å²) in [6.45, 7) is 4.09. The number of ether oxygens (including phenoxy) is 1. The van der Waals surface area contributed by atoms with Gasteiger partial charge in [0.25, 0.3) is 0 Å². The van der Waals surface area contributed by atoms with Crippen LogP contribution in [0.5, 0.6) is 0 Å². The Morgan fingerprint density at radius 2 is 1.85 bits per heavy atom. The van der Waals surface area contributed by atoms with Crippen LogP contribution in [-0.2, 0) is 14.3 Å². The summed E-state index contributed by atoms with van der Waals surface area (Å²) in [6.07, 6.45) is 1.23. The molecule has 7 nitrogen and oxygen atoms in total. The first-order valence-electron chi connectivity index (χ1n) is 6.62. The quantitative estimate of drug-likeness (QED) is 0.798. The molecule has 7 heteroatoms. The summed E-state index contributed by atoms with van der Waals surface area (Å²) in [5.74, 6) is -1.65. The first-order chi connectivity index (χ1) is 9.24. The maximum absolute atomic E-state index is 11.9. The highest BCUT2D eigenvalue weighted by molar-refractivity contribution is 5.96. The van der Waals surface area contributed by atoms with Crippen LogP contribution in [0, 0.1) is 5.41 Å². The second-order valence-corrected chi connectivity index (χ2v) is 5.67. The van der Waals surface area contributed by atoms with E-state index in [1.54, 1.807) is 7.05 Å². The van der Waals surface area contributed by atoms with Crippen LogP contribution in [0.25, 0.3) is 0 Å². The molecular weight excluding hydrogens is 264 g/mol. The number of hydrogen-bond acceptors (Lipinski definition) is 4. The van der Waals surface area contributed by atoms with E-state index in [0.29, 0.717) is 13.2 Å². The van der Waals surface area contributed by atoms with Gasteiger partial charge in [-0.25, -0.2) is 4.79 Å². The fourth-order valence-corrected chi connectivity index (χ4v) is 1.97. The maximum atomic E-state index is 11.9. The molecule has 0 aromatic heterocycles. The van der Waals surface area contributed by atoms with Crippen LogP contribution < -0.4 is 5.32 Å². The molecule has 1 aliphatic heterocycles. The van der Waals surface area contributed by atoms with Crippen molar-refractivity contribution in [2.75, 3.05) is 20.3 Å². The lowest BCUT2D eigenvalue weighted by Gasteiger charge is -2.31. The lowest BCUT2D eigenvalue weighted by Crippen LogP contribution is -2.48. The molecule has 0 saturated carbocycles. The summed E-state index contributed by atoms with van der Waals surface area (Å²) < 4.78 is 5.21. The standard InChI is InChI=1S/C13H22N2O5/c1-13(2,11(17)18)8-10(16)14-12(19)15(3)9-4-6-20-7-5-9/h9H,4-8H2,1-3H3,(H,17,18)(H,14,16,19). The van der Waals surface area contributed by atoms with E-state index in [2.05, 4.69) is 5.32 Å². The van der Waals surface area contributed by atoms with Gasteiger partial charge in [-0.2, -0.15) is 0 Å². The van der Waals surface area contributed by atoms with Gasteiger partial charge in [0, 0.05) is 32.7 Å². The third-order valence-corrected chi connectivity index (χ3v) is 3.49. The smallest absolute Gasteiger partial charge is 0.324 e. The summed E-state index contributed by atoms with van der Waals surface area (Å²) in [6, 6.07) is -0.452. The molecule has 0 spiro atoms. The molecule has 20 heavy (non-hydrogen) atoms. The fourth-order valence-electron chi connectivity index (χ4n) is 1.97. The number of carboxylic acids is 1. The molecule has 1 aliphatic rings. The van der Waals surface area contributed by atoms with Gasteiger partial charge in [0.05, 0.1) is 5.41 Å². The van der Waals surface area contributed by atoms with E-state index < -0.39 is 23.3 Å². The molecule has 114 valence electrons. The van der Waals surface area contributed by atoms with Gasteiger partial charge < -0.3 is 14.7 Å². The number of carbonyl (C=O) groups is 3. The SMILES string of the molecule is CN(C(=O)NC(=O)CC(C)(C)C(=O)O)C1CCOCC1. The number of nitrogens with zero attached hydrogens (tertiary/aromatic N) is 1. The van der Waals surface area contributed by atoms with Gasteiger partial charge in [0.15, 0.2) is 0 Å². The molecule has 1 heterocycles. The van der Waals surface area contributed by atoms with E-state index in [-0.39, 0.29) is 12.5 Å². The van der Waals surface area contributed by atoms with Crippen LogP contribution in [0.1, 0.15) is 33.1 Å². The van der Waals surface area contributed by atoms with Crippen molar-refractivity contribution in [3.05, 3.63) is 0 Å². The number of amides is 3. The average molecular weight is 286 g/mol. The molecule has 0 aromatic rings. The number of carbonyl (C=O) groups excluding carboxylic acids is 2. The Kier molecular flexibility index (Phi) is 5.50.